The maximum atomic E-state index is 14.6. The lowest BCUT2D eigenvalue weighted by atomic mass is 10.1. The van der Waals surface area contributed by atoms with Gasteiger partial charge in [0.25, 0.3) is 5.91 Å². The van der Waals surface area contributed by atoms with Gasteiger partial charge >= 0.3 is 0 Å². The van der Waals surface area contributed by atoms with Gasteiger partial charge in [-0.05, 0) is 25.0 Å². The Morgan fingerprint density at radius 1 is 1.14 bits per heavy atom. The second-order valence-electron chi connectivity index (χ2n) is 6.47. The summed E-state index contributed by atoms with van der Waals surface area (Å²) in [6.45, 7) is 4.22. The quantitative estimate of drug-likeness (QED) is 0.460. The van der Waals surface area contributed by atoms with E-state index in [9.17, 15) is 13.6 Å². The van der Waals surface area contributed by atoms with Crippen molar-refractivity contribution < 1.29 is 18.8 Å². The highest BCUT2D eigenvalue weighted by molar-refractivity contribution is 5.94. The van der Waals surface area contributed by atoms with Crippen molar-refractivity contribution in [3.05, 3.63) is 76.5 Å². The molecule has 28 heavy (non-hydrogen) atoms. The number of benzene rings is 2. The van der Waals surface area contributed by atoms with Crippen LogP contribution in [0.25, 0.3) is 17.0 Å². The Kier molecular flexibility index (Phi) is 5.90. The minimum Gasteiger partial charge on any atom is -0.339 e. The van der Waals surface area contributed by atoms with Gasteiger partial charge < -0.3 is 4.57 Å². The number of amides is 1. The first kappa shape index (κ1) is 19.8. The van der Waals surface area contributed by atoms with E-state index >= 15 is 0 Å². The van der Waals surface area contributed by atoms with Gasteiger partial charge in [-0.15, -0.1) is 0 Å². The molecule has 0 aliphatic carbocycles. The summed E-state index contributed by atoms with van der Waals surface area (Å²) in [7, 11) is 0. The summed E-state index contributed by atoms with van der Waals surface area (Å²) < 4.78 is 30.9. The molecule has 3 rings (SSSR count). The van der Waals surface area contributed by atoms with Crippen LogP contribution in [0.3, 0.4) is 0 Å². The molecule has 0 saturated heterocycles. The van der Waals surface area contributed by atoms with Crippen molar-refractivity contribution in [2.24, 2.45) is 0 Å². The van der Waals surface area contributed by atoms with Gasteiger partial charge in [-0.1, -0.05) is 50.3 Å². The van der Waals surface area contributed by atoms with Crippen LogP contribution in [0.1, 0.15) is 47.4 Å². The minimum atomic E-state index is -1.27. The number of halogens is 2. The third-order valence-corrected chi connectivity index (χ3v) is 4.81. The number of nitrogens with one attached hydrogen (secondary N) is 1. The van der Waals surface area contributed by atoms with Crippen molar-refractivity contribution in [2.75, 3.05) is 0 Å². The number of allylic oxidation sites excluding steroid dienone is 1. The molecule has 2 aromatic carbocycles. The average molecular weight is 384 g/mol. The fourth-order valence-corrected chi connectivity index (χ4v) is 3.48. The van der Waals surface area contributed by atoms with E-state index in [4.69, 9.17) is 5.21 Å². The Morgan fingerprint density at radius 3 is 2.57 bits per heavy atom. The van der Waals surface area contributed by atoms with Crippen molar-refractivity contribution in [1.29, 1.82) is 0 Å². The smallest absolute Gasteiger partial charge is 0.277 e. The predicted molar refractivity (Wildman–Crippen MR) is 105 cm³/mol. The molecule has 3 aromatic rings. The van der Waals surface area contributed by atoms with Gasteiger partial charge in [-0.2, -0.15) is 0 Å². The SMILES string of the molecule is CC/C=C\c1c(CC)n(Cc2ccc(C(=O)NO)c(F)c2F)c2ccccc12. The highest BCUT2D eigenvalue weighted by atomic mass is 19.2. The number of hydrogen-bond donors (Lipinski definition) is 2. The van der Waals surface area contributed by atoms with Crippen molar-refractivity contribution >= 4 is 22.9 Å². The van der Waals surface area contributed by atoms with Crippen molar-refractivity contribution in [2.45, 2.75) is 33.2 Å². The van der Waals surface area contributed by atoms with E-state index in [1.165, 1.54) is 17.6 Å². The van der Waals surface area contributed by atoms with Crippen LogP contribution in [0.4, 0.5) is 8.78 Å². The molecule has 146 valence electrons. The van der Waals surface area contributed by atoms with Crippen LogP contribution < -0.4 is 5.48 Å². The first-order chi connectivity index (χ1) is 13.5. The molecule has 0 atom stereocenters. The molecule has 0 fully saturated rings. The zero-order valence-electron chi connectivity index (χ0n) is 15.8. The molecule has 6 heteroatoms. The molecule has 0 unspecified atom stereocenters. The highest BCUT2D eigenvalue weighted by Gasteiger charge is 2.20. The standard InChI is InChI=1S/C22H22F2N2O2/c1-3-5-8-15-16-9-6-7-10-19(16)26(18(15)4-2)13-14-11-12-17(22(27)25-28)21(24)20(14)23/h5-12,28H,3-4,13H2,1-2H3,(H,25,27)/b8-5-. The first-order valence-corrected chi connectivity index (χ1v) is 9.21. The molecule has 0 aliphatic rings. The normalized spacial score (nSPS) is 11.5. The molecule has 0 spiro atoms. The summed E-state index contributed by atoms with van der Waals surface area (Å²) in [5.74, 6) is -3.45. The number of carbonyl (C=O) groups excluding carboxylic acids is 1. The molecule has 0 bridgehead atoms. The lowest BCUT2D eigenvalue weighted by molar-refractivity contribution is 0.0700. The Morgan fingerprint density at radius 2 is 1.89 bits per heavy atom. The van der Waals surface area contributed by atoms with E-state index in [1.54, 1.807) is 0 Å². The number of fused-ring (bicyclic) bond motifs is 1. The molecule has 1 amide bonds. The monoisotopic (exact) mass is 384 g/mol. The molecule has 2 N–H and O–H groups in total. The number of para-hydroxylation sites is 1. The van der Waals surface area contributed by atoms with Crippen LogP contribution in [-0.4, -0.2) is 15.7 Å². The number of rotatable bonds is 6. The lowest BCUT2D eigenvalue weighted by Crippen LogP contribution is -2.21. The largest absolute Gasteiger partial charge is 0.339 e. The van der Waals surface area contributed by atoms with Gasteiger partial charge in [0.15, 0.2) is 11.6 Å². The Hall–Kier alpha value is -2.99. The van der Waals surface area contributed by atoms with Crippen LogP contribution in [0, 0.1) is 11.6 Å². The molecule has 1 aromatic heterocycles. The Balaban J connectivity index is 2.14. The summed E-state index contributed by atoms with van der Waals surface area (Å²) in [5.41, 5.74) is 3.97. The van der Waals surface area contributed by atoms with E-state index in [1.807, 2.05) is 35.8 Å². The number of hydroxylamine groups is 1. The fraction of sp³-hybridized carbons (Fsp3) is 0.227. The fourth-order valence-electron chi connectivity index (χ4n) is 3.48. The topological polar surface area (TPSA) is 54.3 Å². The van der Waals surface area contributed by atoms with Gasteiger partial charge in [0.2, 0.25) is 0 Å². The minimum absolute atomic E-state index is 0.132. The second-order valence-corrected chi connectivity index (χ2v) is 6.47. The van der Waals surface area contributed by atoms with Crippen LogP contribution in [0.2, 0.25) is 0 Å². The van der Waals surface area contributed by atoms with Crippen LogP contribution >= 0.6 is 0 Å². The Bertz CT molecular complexity index is 1050. The number of aromatic nitrogens is 1. The zero-order chi connectivity index (χ0) is 20.3. The average Bonchev–Trinajstić information content (AvgIpc) is 3.02. The van der Waals surface area contributed by atoms with Crippen LogP contribution in [-0.2, 0) is 13.0 Å². The maximum Gasteiger partial charge on any atom is 0.277 e. The predicted octanol–water partition coefficient (Wildman–Crippen LogP) is 5.07. The third-order valence-electron chi connectivity index (χ3n) is 4.81. The summed E-state index contributed by atoms with van der Waals surface area (Å²) in [6, 6.07) is 10.4. The van der Waals surface area contributed by atoms with Gasteiger partial charge in [0.05, 0.1) is 12.1 Å². The maximum absolute atomic E-state index is 14.6. The zero-order valence-corrected chi connectivity index (χ0v) is 15.8. The van der Waals surface area contributed by atoms with Crippen LogP contribution in [0.5, 0.6) is 0 Å². The summed E-state index contributed by atoms with van der Waals surface area (Å²) in [5, 5.41) is 9.73. The molecule has 1 heterocycles. The van der Waals surface area contributed by atoms with E-state index in [2.05, 4.69) is 19.1 Å². The Labute approximate surface area is 162 Å². The van der Waals surface area contributed by atoms with Crippen molar-refractivity contribution in [3.63, 3.8) is 0 Å². The first-order valence-electron chi connectivity index (χ1n) is 9.21. The molecule has 4 nitrogen and oxygen atoms in total. The number of nitrogens with zero attached hydrogens (tertiary/aromatic N) is 1. The van der Waals surface area contributed by atoms with Gasteiger partial charge in [0.1, 0.15) is 0 Å². The molecular weight excluding hydrogens is 362 g/mol. The summed E-state index contributed by atoms with van der Waals surface area (Å²) >= 11 is 0. The van der Waals surface area contributed by atoms with Gasteiger partial charge in [0, 0.05) is 27.7 Å². The van der Waals surface area contributed by atoms with E-state index < -0.39 is 23.1 Å². The number of carbonyl (C=O) groups is 1. The molecular formula is C22H22F2N2O2. The second kappa shape index (κ2) is 8.35. The molecule has 0 saturated carbocycles. The van der Waals surface area contributed by atoms with Crippen LogP contribution in [0.15, 0.2) is 42.5 Å². The van der Waals surface area contributed by atoms with Crippen molar-refractivity contribution in [1.82, 2.24) is 10.0 Å². The highest BCUT2D eigenvalue weighted by Crippen LogP contribution is 2.30. The lowest BCUT2D eigenvalue weighted by Gasteiger charge is -2.13. The van der Waals surface area contributed by atoms with E-state index in [0.717, 1.165) is 35.0 Å². The van der Waals surface area contributed by atoms with E-state index in [0.29, 0.717) is 0 Å². The van der Waals surface area contributed by atoms with Gasteiger partial charge in [-0.25, -0.2) is 14.3 Å². The number of hydrogen-bond acceptors (Lipinski definition) is 2. The molecule has 0 radical (unpaired) electrons. The van der Waals surface area contributed by atoms with Crippen molar-refractivity contribution in [3.8, 4) is 0 Å². The van der Waals surface area contributed by atoms with E-state index in [-0.39, 0.29) is 12.1 Å². The summed E-state index contributed by atoms with van der Waals surface area (Å²) in [6.07, 6.45) is 5.78. The molecule has 0 aliphatic heterocycles. The third kappa shape index (κ3) is 3.43. The van der Waals surface area contributed by atoms with Gasteiger partial charge in [-0.3, -0.25) is 10.0 Å². The summed E-state index contributed by atoms with van der Waals surface area (Å²) in [4.78, 5) is 11.5.